The number of para-hydroxylation sites is 1. The Morgan fingerprint density at radius 2 is 2.07 bits per heavy atom. The minimum absolute atomic E-state index is 0.163. The molecule has 1 aromatic heterocycles. The summed E-state index contributed by atoms with van der Waals surface area (Å²) in [6, 6.07) is 11.9. The van der Waals surface area contributed by atoms with Crippen molar-refractivity contribution in [2.24, 2.45) is 0 Å². The van der Waals surface area contributed by atoms with Crippen LogP contribution in [0.2, 0.25) is 0 Å². The largest absolute Gasteiger partial charge is 0.484 e. The summed E-state index contributed by atoms with van der Waals surface area (Å²) in [5.74, 6) is -1.15. The van der Waals surface area contributed by atoms with E-state index in [2.05, 4.69) is 10.3 Å². The molecule has 0 unspecified atom stereocenters. The van der Waals surface area contributed by atoms with Gasteiger partial charge in [0.25, 0.3) is 5.91 Å². The molecule has 150 valence electrons. The second-order valence-corrected chi connectivity index (χ2v) is 7.23. The molecule has 2 atom stereocenters. The zero-order chi connectivity index (χ0) is 20.4. The van der Waals surface area contributed by atoms with Crippen LogP contribution in [-0.4, -0.2) is 39.7 Å². The van der Waals surface area contributed by atoms with Crippen LogP contribution in [0.25, 0.3) is 10.9 Å². The van der Waals surface area contributed by atoms with Crippen LogP contribution >= 0.6 is 0 Å². The van der Waals surface area contributed by atoms with E-state index in [0.717, 1.165) is 34.0 Å². The fourth-order valence-corrected chi connectivity index (χ4v) is 3.75. The molecule has 0 spiro atoms. The number of benzene rings is 2. The van der Waals surface area contributed by atoms with Gasteiger partial charge in [0, 0.05) is 23.5 Å². The minimum atomic E-state index is -1.11. The summed E-state index contributed by atoms with van der Waals surface area (Å²) in [6.45, 7) is -0.299. The Morgan fingerprint density at radius 3 is 2.90 bits per heavy atom. The molecule has 3 aromatic rings. The van der Waals surface area contributed by atoms with Gasteiger partial charge in [-0.3, -0.25) is 4.79 Å². The van der Waals surface area contributed by atoms with Gasteiger partial charge < -0.3 is 25.3 Å². The number of aryl methyl sites for hydroxylation is 1. The molecular weight excluding hydrogens is 372 g/mol. The Bertz CT molecular complexity index is 1060. The van der Waals surface area contributed by atoms with Gasteiger partial charge in [0.2, 0.25) is 0 Å². The first-order valence-corrected chi connectivity index (χ1v) is 9.52. The molecule has 1 aliphatic rings. The summed E-state index contributed by atoms with van der Waals surface area (Å²) in [5, 5.41) is 22.9. The highest BCUT2D eigenvalue weighted by molar-refractivity contribution is 5.87. The van der Waals surface area contributed by atoms with Crippen molar-refractivity contribution in [2.45, 2.75) is 31.4 Å². The van der Waals surface area contributed by atoms with E-state index in [1.54, 1.807) is 18.3 Å². The van der Waals surface area contributed by atoms with Crippen LogP contribution in [0, 0.1) is 0 Å². The fraction of sp³-hybridized carbons (Fsp3) is 0.273. The van der Waals surface area contributed by atoms with Gasteiger partial charge in [0.15, 0.2) is 6.61 Å². The molecule has 0 saturated heterocycles. The third-order valence-corrected chi connectivity index (χ3v) is 5.27. The zero-order valence-electron chi connectivity index (χ0n) is 15.7. The molecule has 0 fully saturated rings. The molecule has 7 nitrogen and oxygen atoms in total. The Morgan fingerprint density at radius 1 is 1.24 bits per heavy atom. The fourth-order valence-electron chi connectivity index (χ4n) is 3.75. The number of fused-ring (bicyclic) bond motifs is 2. The zero-order valence-corrected chi connectivity index (χ0v) is 15.7. The molecular formula is C22H22N2O5. The molecule has 7 heteroatoms. The number of H-pyrrole nitrogens is 1. The van der Waals surface area contributed by atoms with Crippen molar-refractivity contribution in [3.8, 4) is 5.75 Å². The van der Waals surface area contributed by atoms with Gasteiger partial charge in [-0.25, -0.2) is 4.79 Å². The number of carboxylic acids is 1. The number of aliphatic hydroxyl groups is 1. The third-order valence-electron chi connectivity index (χ3n) is 5.27. The molecule has 0 aliphatic heterocycles. The summed E-state index contributed by atoms with van der Waals surface area (Å²) in [7, 11) is 0. The number of aliphatic carboxylic acids is 1. The second kappa shape index (κ2) is 7.97. The Kier molecular flexibility index (Phi) is 5.22. The van der Waals surface area contributed by atoms with Gasteiger partial charge in [-0.1, -0.05) is 24.3 Å². The minimum Gasteiger partial charge on any atom is -0.484 e. The van der Waals surface area contributed by atoms with Gasteiger partial charge >= 0.3 is 5.97 Å². The molecule has 4 rings (SSSR count). The van der Waals surface area contributed by atoms with Crippen LogP contribution in [0.4, 0.5) is 0 Å². The van der Waals surface area contributed by atoms with Crippen LogP contribution < -0.4 is 10.1 Å². The molecule has 1 aliphatic carbocycles. The summed E-state index contributed by atoms with van der Waals surface area (Å²) >= 11 is 0. The maximum atomic E-state index is 12.3. The number of aliphatic hydroxyl groups excluding tert-OH is 1. The van der Waals surface area contributed by atoms with Crippen LogP contribution in [0.1, 0.15) is 29.2 Å². The summed E-state index contributed by atoms with van der Waals surface area (Å²) in [5.41, 5.74) is 3.64. The van der Waals surface area contributed by atoms with E-state index in [0.29, 0.717) is 12.2 Å². The molecule has 1 heterocycles. The van der Waals surface area contributed by atoms with E-state index in [-0.39, 0.29) is 13.0 Å². The number of nitrogens with one attached hydrogen (secondary N) is 2. The first-order valence-electron chi connectivity index (χ1n) is 9.52. The number of amides is 1. The average molecular weight is 394 g/mol. The second-order valence-electron chi connectivity index (χ2n) is 7.23. The molecule has 2 aromatic carbocycles. The molecule has 1 amide bonds. The number of carboxylic acid groups (broad SMARTS) is 1. The number of hydrogen-bond acceptors (Lipinski definition) is 4. The number of carbonyl (C=O) groups is 2. The average Bonchev–Trinajstić information content (AvgIpc) is 3.29. The third kappa shape index (κ3) is 4.09. The number of carbonyl (C=O) groups excluding carboxylic acids is 1. The highest BCUT2D eigenvalue weighted by Gasteiger charge is 2.23. The topological polar surface area (TPSA) is 112 Å². The van der Waals surface area contributed by atoms with E-state index in [1.165, 1.54) is 0 Å². The normalized spacial score (nSPS) is 16.4. The number of ether oxygens (including phenoxy) is 1. The van der Waals surface area contributed by atoms with Crippen molar-refractivity contribution in [2.75, 3.05) is 6.61 Å². The van der Waals surface area contributed by atoms with Crippen LogP contribution in [0.15, 0.2) is 48.7 Å². The van der Waals surface area contributed by atoms with Gasteiger partial charge in [-0.15, -0.1) is 0 Å². The molecule has 0 radical (unpaired) electrons. The van der Waals surface area contributed by atoms with Crippen LogP contribution in [0.3, 0.4) is 0 Å². The number of aromatic nitrogens is 1. The van der Waals surface area contributed by atoms with Gasteiger partial charge in [0.1, 0.15) is 11.8 Å². The van der Waals surface area contributed by atoms with E-state index in [1.807, 2.05) is 30.3 Å². The summed E-state index contributed by atoms with van der Waals surface area (Å²) in [4.78, 5) is 27.0. The first-order chi connectivity index (χ1) is 14.0. The lowest BCUT2D eigenvalue weighted by molar-refractivity contribution is -0.142. The van der Waals surface area contributed by atoms with Crippen molar-refractivity contribution in [1.29, 1.82) is 0 Å². The maximum Gasteiger partial charge on any atom is 0.326 e. The van der Waals surface area contributed by atoms with Gasteiger partial charge in [0.05, 0.1) is 6.10 Å². The van der Waals surface area contributed by atoms with Crippen molar-refractivity contribution < 1.29 is 24.5 Å². The van der Waals surface area contributed by atoms with E-state index in [9.17, 15) is 19.8 Å². The molecule has 4 N–H and O–H groups in total. The van der Waals surface area contributed by atoms with E-state index < -0.39 is 24.0 Å². The van der Waals surface area contributed by atoms with Crippen LogP contribution in [0.5, 0.6) is 5.75 Å². The first kappa shape index (κ1) is 19.0. The number of aromatic amines is 1. The predicted molar refractivity (Wildman–Crippen MR) is 107 cm³/mol. The highest BCUT2D eigenvalue weighted by atomic mass is 16.5. The SMILES string of the molecule is O=C(COc1ccc2c(c1)[C@@H](O)CC2)N[C@H](Cc1c[nH]c2ccccc12)C(=O)O. The predicted octanol–water partition coefficient (Wildman–Crippen LogP) is 2.34. The van der Waals surface area contributed by atoms with Crippen molar-refractivity contribution in [3.63, 3.8) is 0 Å². The van der Waals surface area contributed by atoms with Gasteiger partial charge in [-0.2, -0.15) is 0 Å². The summed E-state index contributed by atoms with van der Waals surface area (Å²) < 4.78 is 5.51. The number of rotatable bonds is 7. The monoisotopic (exact) mass is 394 g/mol. The molecule has 0 bridgehead atoms. The van der Waals surface area contributed by atoms with Gasteiger partial charge in [-0.05, 0) is 47.7 Å². The van der Waals surface area contributed by atoms with E-state index in [4.69, 9.17) is 4.74 Å². The van der Waals surface area contributed by atoms with E-state index >= 15 is 0 Å². The standard InChI is InChI=1S/C22H22N2O5/c25-20-8-6-13-5-7-15(10-17(13)20)29-12-21(26)24-19(22(27)28)9-14-11-23-18-4-2-1-3-16(14)18/h1-5,7,10-11,19-20,23,25H,6,8-9,12H2,(H,24,26)(H,27,28)/t19-,20+/m1/s1. The lowest BCUT2D eigenvalue weighted by Crippen LogP contribution is -2.44. The maximum absolute atomic E-state index is 12.3. The Hall–Kier alpha value is -3.32. The Balaban J connectivity index is 1.38. The Labute approximate surface area is 167 Å². The van der Waals surface area contributed by atoms with Crippen molar-refractivity contribution >= 4 is 22.8 Å². The van der Waals surface area contributed by atoms with Crippen LogP contribution in [-0.2, 0) is 22.4 Å². The lowest BCUT2D eigenvalue weighted by Gasteiger charge is -2.15. The smallest absolute Gasteiger partial charge is 0.326 e. The molecule has 0 saturated carbocycles. The molecule has 29 heavy (non-hydrogen) atoms. The lowest BCUT2D eigenvalue weighted by atomic mass is 10.1. The quantitative estimate of drug-likeness (QED) is 0.491. The summed E-state index contributed by atoms with van der Waals surface area (Å²) in [6.07, 6.45) is 2.93. The number of hydrogen-bond donors (Lipinski definition) is 4. The van der Waals surface area contributed by atoms with Crippen molar-refractivity contribution in [3.05, 3.63) is 65.4 Å². The van der Waals surface area contributed by atoms with Crippen molar-refractivity contribution in [1.82, 2.24) is 10.3 Å². The highest BCUT2D eigenvalue weighted by Crippen LogP contribution is 2.33.